The molecule has 0 saturated carbocycles. The molecule has 0 radical (unpaired) electrons. The predicted octanol–water partition coefficient (Wildman–Crippen LogP) is 13.0. The third kappa shape index (κ3) is 13.5. The third-order valence-corrected chi connectivity index (χ3v) is 13.1. The van der Waals surface area contributed by atoms with Gasteiger partial charge in [-0.2, -0.15) is 0 Å². The zero-order chi connectivity index (χ0) is 59.0. The highest BCUT2D eigenvalue weighted by Gasteiger charge is 2.23. The topological polar surface area (TPSA) is 233 Å². The van der Waals surface area contributed by atoms with E-state index in [2.05, 4.69) is 84.8 Å². The van der Waals surface area contributed by atoms with Crippen LogP contribution in [0.25, 0.3) is 44.8 Å². The van der Waals surface area contributed by atoms with Crippen LogP contribution in [0.4, 0.5) is 32.6 Å². The van der Waals surface area contributed by atoms with Gasteiger partial charge in [-0.15, -0.1) is 0 Å². The molecule has 0 aliphatic rings. The molecule has 10 rings (SSSR count). The maximum atomic E-state index is 12.3. The molecule has 0 atom stereocenters. The fourth-order valence-corrected chi connectivity index (χ4v) is 9.23. The summed E-state index contributed by atoms with van der Waals surface area (Å²) in [5, 5.41) is 12.7. The quantitative estimate of drug-likeness (QED) is 0.0555. The Morgan fingerprint density at radius 1 is 0.417 bits per heavy atom. The van der Waals surface area contributed by atoms with Gasteiger partial charge in [-0.1, -0.05) is 121 Å². The van der Waals surface area contributed by atoms with E-state index >= 15 is 0 Å². The van der Waals surface area contributed by atoms with Crippen LogP contribution in [0.2, 0.25) is 0 Å². The van der Waals surface area contributed by atoms with Crippen LogP contribution < -0.4 is 49.7 Å². The van der Waals surface area contributed by atoms with E-state index in [1.165, 1.54) is 0 Å². The first-order valence-corrected chi connectivity index (χ1v) is 26.7. The van der Waals surface area contributed by atoms with Crippen molar-refractivity contribution < 1.29 is 47.5 Å². The molecular formula is C64H62N10O10. The summed E-state index contributed by atoms with van der Waals surface area (Å²) >= 11 is 0. The maximum Gasteiger partial charge on any atom is 0.412 e. The molecule has 84 heavy (non-hydrogen) atoms. The molecule has 10 aromatic rings. The predicted molar refractivity (Wildman–Crippen MR) is 323 cm³/mol. The first kappa shape index (κ1) is 57.9. The summed E-state index contributed by atoms with van der Waals surface area (Å²) in [6.07, 6.45) is 2.04. The van der Waals surface area contributed by atoms with E-state index < -0.39 is 12.2 Å². The highest BCUT2D eigenvalue weighted by molar-refractivity contribution is 5.94. The van der Waals surface area contributed by atoms with Crippen molar-refractivity contribution in [3.63, 3.8) is 0 Å². The number of rotatable bonds is 20. The van der Waals surface area contributed by atoms with Gasteiger partial charge in [0.25, 0.3) is 0 Å². The molecule has 0 saturated heterocycles. The highest BCUT2D eigenvalue weighted by Crippen LogP contribution is 2.43. The largest absolute Gasteiger partial charge is 0.493 e. The van der Waals surface area contributed by atoms with Crippen LogP contribution in [0.1, 0.15) is 48.2 Å². The normalized spacial score (nSPS) is 10.8. The van der Waals surface area contributed by atoms with Gasteiger partial charge in [0.15, 0.2) is 34.3 Å². The van der Waals surface area contributed by atoms with E-state index in [1.807, 2.05) is 84.9 Å². The van der Waals surface area contributed by atoms with Gasteiger partial charge < -0.3 is 48.5 Å². The second-order valence-electron chi connectivity index (χ2n) is 18.3. The molecule has 0 aliphatic carbocycles. The Morgan fingerprint density at radius 3 is 1.14 bits per heavy atom. The summed E-state index contributed by atoms with van der Waals surface area (Å²) in [4.78, 5) is 52.9. The Bertz CT molecular complexity index is 3740. The SMILES string of the molecule is CCOC(=O)Nc1cc(NC(c2ccccc2)c2ccccc2)c2nc(-c3cc(OC)c(OC)c(OC)c3)cnc2n1.CCOC(=O)Nc1cc(NC(c2ccccc2)c2ccccc2)c2ncc(-c3cc(OC)c(OC)c(OC)c3)nc2n1. The summed E-state index contributed by atoms with van der Waals surface area (Å²) in [5.74, 6) is 3.43. The van der Waals surface area contributed by atoms with Crippen LogP contribution in [0.5, 0.6) is 34.5 Å². The fourth-order valence-electron chi connectivity index (χ4n) is 9.23. The molecule has 0 fully saturated rings. The van der Waals surface area contributed by atoms with Gasteiger partial charge in [0.05, 0.1) is 103 Å². The first-order chi connectivity index (χ1) is 41.1. The fraction of sp³-hybridized carbons (Fsp3) is 0.188. The van der Waals surface area contributed by atoms with Gasteiger partial charge in [-0.25, -0.2) is 39.5 Å². The molecule has 20 heteroatoms. The Kier molecular flexibility index (Phi) is 19.0. The molecule has 4 heterocycles. The van der Waals surface area contributed by atoms with E-state index in [1.54, 1.807) is 93.2 Å². The van der Waals surface area contributed by atoms with Gasteiger partial charge in [0, 0.05) is 23.3 Å². The first-order valence-electron chi connectivity index (χ1n) is 26.7. The molecule has 0 aliphatic heterocycles. The number of anilines is 4. The number of ether oxygens (including phenoxy) is 8. The van der Waals surface area contributed by atoms with Crippen molar-refractivity contribution in [3.8, 4) is 57.0 Å². The molecule has 4 N–H and O–H groups in total. The zero-order valence-corrected chi connectivity index (χ0v) is 47.5. The minimum absolute atomic E-state index is 0.218. The van der Waals surface area contributed by atoms with Crippen molar-refractivity contribution >= 4 is 57.5 Å². The number of fused-ring (bicyclic) bond motifs is 2. The number of pyridine rings is 2. The molecule has 0 spiro atoms. The lowest BCUT2D eigenvalue weighted by atomic mass is 9.98. The number of carbonyl (C=O) groups is 2. The van der Waals surface area contributed by atoms with Crippen molar-refractivity contribution in [1.82, 2.24) is 29.9 Å². The number of hydrogen-bond acceptors (Lipinski definition) is 18. The summed E-state index contributed by atoms with van der Waals surface area (Å²) < 4.78 is 43.2. The van der Waals surface area contributed by atoms with Crippen LogP contribution in [0.3, 0.4) is 0 Å². The Hall–Kier alpha value is -10.8. The van der Waals surface area contributed by atoms with Crippen molar-refractivity contribution in [2.75, 3.05) is 77.1 Å². The second kappa shape index (κ2) is 27.6. The summed E-state index contributed by atoms with van der Waals surface area (Å²) in [7, 11) is 9.32. The molecule has 6 aromatic carbocycles. The average Bonchev–Trinajstić information content (AvgIpc) is 3.73. The average molecular weight is 1130 g/mol. The lowest BCUT2D eigenvalue weighted by Gasteiger charge is -2.22. The number of nitrogens with one attached hydrogen (secondary N) is 4. The number of carbonyl (C=O) groups excluding carboxylic acids is 2. The number of hydrogen-bond donors (Lipinski definition) is 4. The van der Waals surface area contributed by atoms with Crippen LogP contribution in [-0.2, 0) is 9.47 Å². The maximum absolute atomic E-state index is 12.3. The molecule has 20 nitrogen and oxygen atoms in total. The van der Waals surface area contributed by atoms with Crippen LogP contribution in [0.15, 0.2) is 170 Å². The van der Waals surface area contributed by atoms with Gasteiger partial charge >= 0.3 is 12.2 Å². The van der Waals surface area contributed by atoms with Crippen LogP contribution >= 0.6 is 0 Å². The summed E-state index contributed by atoms with van der Waals surface area (Å²) in [6, 6.07) is 50.5. The van der Waals surface area contributed by atoms with E-state index in [4.69, 9.17) is 52.8 Å². The monoisotopic (exact) mass is 1130 g/mol. The van der Waals surface area contributed by atoms with Crippen LogP contribution in [-0.4, -0.2) is 98.0 Å². The number of amides is 2. The van der Waals surface area contributed by atoms with Gasteiger partial charge in [-0.3, -0.25) is 10.6 Å². The number of methoxy groups -OCH3 is 6. The minimum Gasteiger partial charge on any atom is -0.493 e. The van der Waals surface area contributed by atoms with Crippen molar-refractivity contribution in [3.05, 3.63) is 192 Å². The van der Waals surface area contributed by atoms with E-state index in [0.29, 0.717) is 90.7 Å². The van der Waals surface area contributed by atoms with Gasteiger partial charge in [0.1, 0.15) is 22.7 Å². The van der Waals surface area contributed by atoms with E-state index in [9.17, 15) is 9.59 Å². The zero-order valence-electron chi connectivity index (χ0n) is 47.5. The number of aromatic nitrogens is 6. The number of benzene rings is 6. The Morgan fingerprint density at radius 2 is 0.774 bits per heavy atom. The number of nitrogens with zero attached hydrogens (tertiary/aromatic N) is 6. The molecular weight excluding hydrogens is 1070 g/mol. The van der Waals surface area contributed by atoms with Gasteiger partial charge in [-0.05, 0) is 60.4 Å². The molecule has 0 bridgehead atoms. The smallest absolute Gasteiger partial charge is 0.412 e. The third-order valence-electron chi connectivity index (χ3n) is 13.1. The summed E-state index contributed by atoms with van der Waals surface area (Å²) in [6.45, 7) is 3.92. The Labute approximate surface area is 485 Å². The minimum atomic E-state index is -0.619. The second-order valence-corrected chi connectivity index (χ2v) is 18.3. The lowest BCUT2D eigenvalue weighted by molar-refractivity contribution is 0.167. The van der Waals surface area contributed by atoms with E-state index in [-0.39, 0.29) is 36.9 Å². The molecule has 428 valence electrons. The molecule has 0 unspecified atom stereocenters. The Balaban J connectivity index is 0.000000202. The van der Waals surface area contributed by atoms with Crippen molar-refractivity contribution in [1.29, 1.82) is 0 Å². The summed E-state index contributed by atoms with van der Waals surface area (Å²) in [5.41, 5.74) is 9.61. The molecule has 2 amide bonds. The van der Waals surface area contributed by atoms with Crippen LogP contribution in [0, 0.1) is 0 Å². The van der Waals surface area contributed by atoms with Gasteiger partial charge in [0.2, 0.25) is 11.5 Å². The van der Waals surface area contributed by atoms with Crippen molar-refractivity contribution in [2.24, 2.45) is 0 Å². The molecule has 4 aromatic heterocycles. The standard InChI is InChI=1S/2C32H31N5O5/c1-5-42-32(38)37-27-18-23(34-28(20-12-8-6-9-13-20)21-14-10-7-11-15-21)29-31(36-27)33-19-24(35-29)22-16-25(39-2)30(41-4)26(17-22)40-3;1-5-42-32(38)37-27-18-23(34-28(20-12-8-6-9-13-20)21-14-10-7-11-15-21)29-31(36-27)35-24(19-33-29)22-16-25(39-2)30(41-4)26(17-22)40-3/h6-19,28H,5H2,1-4H3,(H2,33,34,36,37,38);6-19,28H,5H2,1-4H3,(H2,34,35,36,37,38). The van der Waals surface area contributed by atoms with E-state index in [0.717, 1.165) is 22.3 Å². The highest BCUT2D eigenvalue weighted by atomic mass is 16.6. The van der Waals surface area contributed by atoms with Crippen molar-refractivity contribution in [2.45, 2.75) is 25.9 Å². The lowest BCUT2D eigenvalue weighted by Crippen LogP contribution is -2.16.